The van der Waals surface area contributed by atoms with Crippen molar-refractivity contribution < 1.29 is 9.90 Å². The Morgan fingerprint density at radius 2 is 1.81 bits per heavy atom. The molecule has 0 bridgehead atoms. The van der Waals surface area contributed by atoms with E-state index in [1.54, 1.807) is 0 Å². The summed E-state index contributed by atoms with van der Waals surface area (Å²) in [7, 11) is 3.95. The summed E-state index contributed by atoms with van der Waals surface area (Å²) in [4.78, 5) is 14.2. The van der Waals surface area contributed by atoms with Crippen LogP contribution < -0.4 is 10.2 Å². The Bertz CT molecular complexity index is 462. The predicted octanol–water partition coefficient (Wildman–Crippen LogP) is 2.43. The quantitative estimate of drug-likeness (QED) is 0.875. The Labute approximate surface area is 127 Å². The molecule has 0 radical (unpaired) electrons. The van der Waals surface area contributed by atoms with E-state index in [4.69, 9.17) is 0 Å². The number of hydrogen-bond acceptors (Lipinski definition) is 3. The Hall–Kier alpha value is -1.55. The summed E-state index contributed by atoms with van der Waals surface area (Å²) in [6, 6.07) is 7.57. The van der Waals surface area contributed by atoms with Gasteiger partial charge in [0.1, 0.15) is 0 Å². The molecule has 1 aliphatic carbocycles. The number of nitrogens with one attached hydrogen (secondary N) is 1. The first kappa shape index (κ1) is 15.8. The van der Waals surface area contributed by atoms with Crippen LogP contribution in [-0.2, 0) is 0 Å². The molecule has 1 saturated carbocycles. The van der Waals surface area contributed by atoms with Gasteiger partial charge in [-0.3, -0.25) is 4.79 Å². The standard InChI is InChI=1S/C17H26N2O2/c1-19(2)15-8-6-14(7-9-15)16(21)18-12-17(13-20)10-4-3-5-11-17/h6-9,20H,3-5,10-13H2,1-2H3,(H,18,21). The SMILES string of the molecule is CN(C)c1ccc(C(=O)NCC2(CO)CCCCC2)cc1. The molecule has 116 valence electrons. The molecule has 1 aromatic rings. The summed E-state index contributed by atoms with van der Waals surface area (Å²) >= 11 is 0. The smallest absolute Gasteiger partial charge is 0.251 e. The lowest BCUT2D eigenvalue weighted by Gasteiger charge is -2.35. The fourth-order valence-electron chi connectivity index (χ4n) is 2.97. The van der Waals surface area contributed by atoms with E-state index in [0.717, 1.165) is 31.4 Å². The van der Waals surface area contributed by atoms with Crippen molar-refractivity contribution in [2.24, 2.45) is 5.41 Å². The lowest BCUT2D eigenvalue weighted by Crippen LogP contribution is -2.41. The second kappa shape index (κ2) is 6.94. The topological polar surface area (TPSA) is 52.6 Å². The lowest BCUT2D eigenvalue weighted by atomic mass is 9.74. The molecule has 2 rings (SSSR count). The molecule has 1 aromatic carbocycles. The number of anilines is 1. The van der Waals surface area contributed by atoms with Crippen molar-refractivity contribution in [3.8, 4) is 0 Å². The summed E-state index contributed by atoms with van der Waals surface area (Å²) in [5, 5.41) is 12.7. The number of rotatable bonds is 5. The molecule has 21 heavy (non-hydrogen) atoms. The van der Waals surface area contributed by atoms with Crippen LogP contribution in [0.4, 0.5) is 5.69 Å². The average Bonchev–Trinajstić information content (AvgIpc) is 2.53. The third kappa shape index (κ3) is 3.97. The lowest BCUT2D eigenvalue weighted by molar-refractivity contribution is 0.0718. The van der Waals surface area contributed by atoms with Gasteiger partial charge in [0.2, 0.25) is 0 Å². The van der Waals surface area contributed by atoms with Crippen molar-refractivity contribution >= 4 is 11.6 Å². The van der Waals surface area contributed by atoms with Crippen LogP contribution >= 0.6 is 0 Å². The van der Waals surface area contributed by atoms with Gasteiger partial charge < -0.3 is 15.3 Å². The summed E-state index contributed by atoms with van der Waals surface area (Å²) < 4.78 is 0. The Morgan fingerprint density at radius 1 is 1.19 bits per heavy atom. The number of benzene rings is 1. The minimum absolute atomic E-state index is 0.0568. The molecular formula is C17H26N2O2. The Balaban J connectivity index is 1.94. The van der Waals surface area contributed by atoms with Crippen molar-refractivity contribution in [1.82, 2.24) is 5.32 Å². The molecule has 0 unspecified atom stereocenters. The third-order valence-corrected chi connectivity index (χ3v) is 4.52. The van der Waals surface area contributed by atoms with Crippen LogP contribution in [0.5, 0.6) is 0 Å². The molecule has 1 amide bonds. The predicted molar refractivity (Wildman–Crippen MR) is 85.7 cm³/mol. The fraction of sp³-hybridized carbons (Fsp3) is 0.588. The maximum absolute atomic E-state index is 12.2. The first-order valence-electron chi connectivity index (χ1n) is 7.73. The molecule has 1 fully saturated rings. The zero-order valence-electron chi connectivity index (χ0n) is 13.1. The van der Waals surface area contributed by atoms with E-state index >= 15 is 0 Å². The van der Waals surface area contributed by atoms with E-state index in [2.05, 4.69) is 5.32 Å². The van der Waals surface area contributed by atoms with Crippen LogP contribution in [0.15, 0.2) is 24.3 Å². The zero-order valence-corrected chi connectivity index (χ0v) is 13.1. The second-order valence-electron chi connectivity index (χ2n) is 6.34. The molecule has 2 N–H and O–H groups in total. The van der Waals surface area contributed by atoms with Crippen LogP contribution in [0, 0.1) is 5.41 Å². The summed E-state index contributed by atoms with van der Waals surface area (Å²) in [6.45, 7) is 0.727. The van der Waals surface area contributed by atoms with Crippen molar-refractivity contribution in [2.45, 2.75) is 32.1 Å². The molecule has 0 aromatic heterocycles. The van der Waals surface area contributed by atoms with Crippen molar-refractivity contribution in [3.05, 3.63) is 29.8 Å². The highest BCUT2D eigenvalue weighted by Gasteiger charge is 2.31. The number of aliphatic hydroxyl groups excluding tert-OH is 1. The molecular weight excluding hydrogens is 264 g/mol. The first-order valence-corrected chi connectivity index (χ1v) is 7.73. The molecule has 4 nitrogen and oxygen atoms in total. The number of amides is 1. The van der Waals surface area contributed by atoms with Gasteiger partial charge in [-0.15, -0.1) is 0 Å². The minimum Gasteiger partial charge on any atom is -0.396 e. The molecule has 0 spiro atoms. The Kier molecular flexibility index (Phi) is 5.23. The molecule has 0 heterocycles. The van der Waals surface area contributed by atoms with Gasteiger partial charge in [0, 0.05) is 37.3 Å². The fourth-order valence-corrected chi connectivity index (χ4v) is 2.97. The number of carbonyl (C=O) groups excluding carboxylic acids is 1. The van der Waals surface area contributed by atoms with Gasteiger partial charge in [-0.25, -0.2) is 0 Å². The van der Waals surface area contributed by atoms with Crippen molar-refractivity contribution in [2.75, 3.05) is 32.1 Å². The van der Waals surface area contributed by atoms with Gasteiger partial charge in [0.05, 0.1) is 6.61 Å². The van der Waals surface area contributed by atoms with Gasteiger partial charge in [-0.2, -0.15) is 0 Å². The second-order valence-corrected chi connectivity index (χ2v) is 6.34. The summed E-state index contributed by atoms with van der Waals surface area (Å²) in [6.07, 6.45) is 5.54. The molecule has 0 aliphatic heterocycles. The van der Waals surface area contributed by atoms with E-state index in [1.807, 2.05) is 43.3 Å². The molecule has 1 aliphatic rings. The maximum atomic E-state index is 12.2. The Morgan fingerprint density at radius 3 is 2.33 bits per heavy atom. The van der Waals surface area contributed by atoms with E-state index in [1.165, 1.54) is 6.42 Å². The van der Waals surface area contributed by atoms with Crippen LogP contribution in [0.2, 0.25) is 0 Å². The van der Waals surface area contributed by atoms with Gasteiger partial charge in [-0.05, 0) is 37.1 Å². The van der Waals surface area contributed by atoms with Crippen LogP contribution in [0.25, 0.3) is 0 Å². The van der Waals surface area contributed by atoms with Gasteiger partial charge >= 0.3 is 0 Å². The van der Waals surface area contributed by atoms with Crippen molar-refractivity contribution in [1.29, 1.82) is 0 Å². The van der Waals surface area contributed by atoms with E-state index in [-0.39, 0.29) is 17.9 Å². The minimum atomic E-state index is -0.114. The normalized spacial score (nSPS) is 17.3. The maximum Gasteiger partial charge on any atom is 0.251 e. The van der Waals surface area contributed by atoms with Gasteiger partial charge in [0.15, 0.2) is 0 Å². The van der Waals surface area contributed by atoms with Crippen molar-refractivity contribution in [3.63, 3.8) is 0 Å². The number of aliphatic hydroxyl groups is 1. The van der Waals surface area contributed by atoms with E-state index in [0.29, 0.717) is 12.1 Å². The number of hydrogen-bond donors (Lipinski definition) is 2. The average molecular weight is 290 g/mol. The van der Waals surface area contributed by atoms with Crippen LogP contribution in [-0.4, -0.2) is 38.3 Å². The van der Waals surface area contributed by atoms with Crippen LogP contribution in [0.3, 0.4) is 0 Å². The van der Waals surface area contributed by atoms with E-state index < -0.39 is 0 Å². The molecule has 0 atom stereocenters. The van der Waals surface area contributed by atoms with Gasteiger partial charge in [0.25, 0.3) is 5.91 Å². The largest absolute Gasteiger partial charge is 0.396 e. The summed E-state index contributed by atoms with van der Waals surface area (Å²) in [5.41, 5.74) is 1.63. The summed E-state index contributed by atoms with van der Waals surface area (Å²) in [5.74, 6) is -0.0568. The molecule has 0 saturated heterocycles. The monoisotopic (exact) mass is 290 g/mol. The highest BCUT2D eigenvalue weighted by atomic mass is 16.3. The van der Waals surface area contributed by atoms with E-state index in [9.17, 15) is 9.90 Å². The number of nitrogens with zero attached hydrogens (tertiary/aromatic N) is 1. The van der Waals surface area contributed by atoms with Crippen LogP contribution in [0.1, 0.15) is 42.5 Å². The highest BCUT2D eigenvalue weighted by molar-refractivity contribution is 5.94. The highest BCUT2D eigenvalue weighted by Crippen LogP contribution is 2.35. The first-order chi connectivity index (χ1) is 10.1. The molecule has 4 heteroatoms. The third-order valence-electron chi connectivity index (χ3n) is 4.52. The van der Waals surface area contributed by atoms with Gasteiger partial charge in [-0.1, -0.05) is 19.3 Å². The zero-order chi connectivity index (χ0) is 15.3. The number of carbonyl (C=O) groups is 1.